The van der Waals surface area contributed by atoms with Crippen LogP contribution in [0.1, 0.15) is 19.8 Å². The molecule has 3 atom stereocenters. The molecule has 4 nitrogen and oxygen atoms in total. The van der Waals surface area contributed by atoms with Gasteiger partial charge in [-0.1, -0.05) is 6.92 Å². The van der Waals surface area contributed by atoms with Gasteiger partial charge in [0.15, 0.2) is 0 Å². The molecule has 1 aliphatic carbocycles. The molecule has 0 aromatic heterocycles. The second kappa shape index (κ2) is 4.11. The van der Waals surface area contributed by atoms with Crippen molar-refractivity contribution in [1.82, 2.24) is 0 Å². The van der Waals surface area contributed by atoms with E-state index < -0.39 is 15.3 Å². The third-order valence-electron chi connectivity index (χ3n) is 3.38. The number of hydrogen-bond acceptors (Lipinski definition) is 4. The summed E-state index contributed by atoms with van der Waals surface area (Å²) in [4.78, 5) is 0. The number of nitrogens with zero attached hydrogens (tertiary/aromatic N) is 1. The van der Waals surface area contributed by atoms with Gasteiger partial charge in [0.25, 0.3) is 0 Å². The topological polar surface area (TPSA) is 67.2 Å². The standard InChI is InChI=1S/C10H17NO3S/c1-8-4-9(15(3,12)13)5-10(8,6-11)7-14-2/h8-9H,4-5,7H2,1-3H3/t8-,9+,10+/m0/s1. The molecule has 1 aliphatic rings. The minimum atomic E-state index is -3.04. The lowest BCUT2D eigenvalue weighted by molar-refractivity contribution is 0.0951. The fraction of sp³-hybridized carbons (Fsp3) is 0.900. The van der Waals surface area contributed by atoms with Gasteiger partial charge in [-0.25, -0.2) is 8.42 Å². The lowest BCUT2D eigenvalue weighted by atomic mass is 9.81. The van der Waals surface area contributed by atoms with Crippen molar-refractivity contribution in [2.45, 2.75) is 25.0 Å². The summed E-state index contributed by atoms with van der Waals surface area (Å²) in [7, 11) is -1.50. The number of ether oxygens (including phenoxy) is 1. The highest BCUT2D eigenvalue weighted by Gasteiger charge is 2.48. The number of nitriles is 1. The SMILES string of the molecule is COC[C@]1(C#N)C[C@H](S(C)(=O)=O)C[C@@H]1C. The first-order chi connectivity index (χ1) is 6.85. The lowest BCUT2D eigenvalue weighted by Crippen LogP contribution is -2.28. The molecule has 1 rings (SSSR count). The molecular formula is C10H17NO3S. The lowest BCUT2D eigenvalue weighted by Gasteiger charge is -2.24. The van der Waals surface area contributed by atoms with E-state index in [-0.39, 0.29) is 11.2 Å². The van der Waals surface area contributed by atoms with Crippen molar-refractivity contribution in [2.24, 2.45) is 11.3 Å². The van der Waals surface area contributed by atoms with Crippen LogP contribution in [0.25, 0.3) is 0 Å². The van der Waals surface area contributed by atoms with Gasteiger partial charge in [-0.2, -0.15) is 5.26 Å². The normalized spacial score (nSPS) is 36.4. The fourth-order valence-electron chi connectivity index (χ4n) is 2.28. The van der Waals surface area contributed by atoms with E-state index in [1.54, 1.807) is 7.11 Å². The van der Waals surface area contributed by atoms with Crippen LogP contribution in [0, 0.1) is 22.7 Å². The van der Waals surface area contributed by atoms with Crippen molar-refractivity contribution >= 4 is 9.84 Å². The molecule has 1 fully saturated rings. The molecule has 0 aromatic carbocycles. The van der Waals surface area contributed by atoms with Gasteiger partial charge in [-0.3, -0.25) is 0 Å². The summed E-state index contributed by atoms with van der Waals surface area (Å²) in [6.45, 7) is 2.24. The Hall–Kier alpha value is -0.600. The summed E-state index contributed by atoms with van der Waals surface area (Å²) in [5.74, 6) is 0.0715. The molecule has 0 bridgehead atoms. The Kier molecular flexibility index (Phi) is 3.41. The molecule has 86 valence electrons. The molecule has 0 aliphatic heterocycles. The van der Waals surface area contributed by atoms with Crippen LogP contribution in [-0.4, -0.2) is 33.6 Å². The van der Waals surface area contributed by atoms with E-state index in [0.717, 1.165) is 0 Å². The Morgan fingerprint density at radius 3 is 2.53 bits per heavy atom. The molecule has 1 saturated carbocycles. The molecule has 0 N–H and O–H groups in total. The largest absolute Gasteiger partial charge is 0.383 e. The van der Waals surface area contributed by atoms with E-state index in [2.05, 4.69) is 6.07 Å². The first kappa shape index (κ1) is 12.5. The van der Waals surface area contributed by atoms with Crippen LogP contribution in [0.15, 0.2) is 0 Å². The summed E-state index contributed by atoms with van der Waals surface area (Å²) in [6.07, 6.45) is 2.21. The van der Waals surface area contributed by atoms with Crippen molar-refractivity contribution in [3.63, 3.8) is 0 Å². The van der Waals surface area contributed by atoms with Crippen molar-refractivity contribution in [3.8, 4) is 6.07 Å². The molecule has 15 heavy (non-hydrogen) atoms. The Morgan fingerprint density at radius 1 is 1.60 bits per heavy atom. The Balaban J connectivity index is 2.93. The zero-order valence-corrected chi connectivity index (χ0v) is 10.2. The monoisotopic (exact) mass is 231 g/mol. The van der Waals surface area contributed by atoms with Gasteiger partial charge in [-0.15, -0.1) is 0 Å². The van der Waals surface area contributed by atoms with Gasteiger partial charge in [0.2, 0.25) is 0 Å². The van der Waals surface area contributed by atoms with Crippen LogP contribution in [0.5, 0.6) is 0 Å². The summed E-state index contributed by atoms with van der Waals surface area (Å²) in [5.41, 5.74) is -0.623. The molecule has 0 unspecified atom stereocenters. The minimum Gasteiger partial charge on any atom is -0.383 e. The van der Waals surface area contributed by atoms with Crippen molar-refractivity contribution in [3.05, 3.63) is 0 Å². The van der Waals surface area contributed by atoms with E-state index in [0.29, 0.717) is 19.4 Å². The maximum atomic E-state index is 11.4. The van der Waals surface area contributed by atoms with Crippen molar-refractivity contribution in [2.75, 3.05) is 20.0 Å². The van der Waals surface area contributed by atoms with Crippen LogP contribution in [-0.2, 0) is 14.6 Å². The predicted octanol–water partition coefficient (Wildman–Crippen LogP) is 0.986. The summed E-state index contributed by atoms with van der Waals surface area (Å²) < 4.78 is 27.9. The average Bonchev–Trinajstić information content (AvgIpc) is 2.45. The van der Waals surface area contributed by atoms with E-state index in [9.17, 15) is 13.7 Å². The van der Waals surface area contributed by atoms with Crippen molar-refractivity contribution < 1.29 is 13.2 Å². The molecule has 0 saturated heterocycles. The van der Waals surface area contributed by atoms with Crippen LogP contribution < -0.4 is 0 Å². The molecule has 0 heterocycles. The smallest absolute Gasteiger partial charge is 0.150 e. The zero-order chi connectivity index (χ0) is 11.7. The molecule has 5 heteroatoms. The minimum absolute atomic E-state index is 0.0715. The van der Waals surface area contributed by atoms with Gasteiger partial charge in [0.05, 0.1) is 23.3 Å². The van der Waals surface area contributed by atoms with Crippen LogP contribution in [0.4, 0.5) is 0 Å². The van der Waals surface area contributed by atoms with Gasteiger partial charge in [-0.05, 0) is 18.8 Å². The molecule has 0 spiro atoms. The maximum absolute atomic E-state index is 11.4. The quantitative estimate of drug-likeness (QED) is 0.726. The summed E-state index contributed by atoms with van der Waals surface area (Å²) in [5, 5.41) is 8.79. The van der Waals surface area contributed by atoms with Gasteiger partial charge in [0.1, 0.15) is 9.84 Å². The van der Waals surface area contributed by atoms with Gasteiger partial charge >= 0.3 is 0 Å². The second-order valence-corrected chi connectivity index (χ2v) is 6.82. The molecule has 0 amide bonds. The molecule has 0 radical (unpaired) electrons. The average molecular weight is 231 g/mol. The van der Waals surface area contributed by atoms with E-state index in [1.165, 1.54) is 6.26 Å². The van der Waals surface area contributed by atoms with Crippen LogP contribution in [0.2, 0.25) is 0 Å². The number of rotatable bonds is 3. The Morgan fingerprint density at radius 2 is 2.20 bits per heavy atom. The van der Waals surface area contributed by atoms with Crippen LogP contribution in [0.3, 0.4) is 0 Å². The Bertz CT molecular complexity index is 371. The third-order valence-corrected chi connectivity index (χ3v) is 4.95. The van der Waals surface area contributed by atoms with Gasteiger partial charge < -0.3 is 4.74 Å². The van der Waals surface area contributed by atoms with E-state index in [4.69, 9.17) is 4.74 Å². The zero-order valence-electron chi connectivity index (χ0n) is 9.36. The second-order valence-electron chi connectivity index (χ2n) is 4.49. The van der Waals surface area contributed by atoms with Gasteiger partial charge in [0, 0.05) is 13.4 Å². The molecular weight excluding hydrogens is 214 g/mol. The predicted molar refractivity (Wildman–Crippen MR) is 57.0 cm³/mol. The highest BCUT2D eigenvalue weighted by Crippen LogP contribution is 2.45. The summed E-state index contributed by atoms with van der Waals surface area (Å²) >= 11 is 0. The first-order valence-corrected chi connectivity index (χ1v) is 6.90. The highest BCUT2D eigenvalue weighted by molar-refractivity contribution is 7.91. The summed E-state index contributed by atoms with van der Waals surface area (Å²) in [6, 6.07) is 2.24. The van der Waals surface area contributed by atoms with E-state index >= 15 is 0 Å². The fourth-order valence-corrected chi connectivity index (χ4v) is 3.52. The molecule has 0 aromatic rings. The van der Waals surface area contributed by atoms with E-state index in [1.807, 2.05) is 6.92 Å². The Labute approximate surface area is 91.1 Å². The maximum Gasteiger partial charge on any atom is 0.150 e. The van der Waals surface area contributed by atoms with Crippen LogP contribution >= 0.6 is 0 Å². The number of methoxy groups -OCH3 is 1. The number of hydrogen-bond donors (Lipinski definition) is 0. The highest BCUT2D eigenvalue weighted by atomic mass is 32.2. The third kappa shape index (κ3) is 2.32. The first-order valence-electron chi connectivity index (χ1n) is 4.95. The van der Waals surface area contributed by atoms with Crippen molar-refractivity contribution in [1.29, 1.82) is 5.26 Å². The number of sulfone groups is 1.